The van der Waals surface area contributed by atoms with Crippen molar-refractivity contribution in [3.63, 3.8) is 0 Å². The molecule has 4 nitrogen and oxygen atoms in total. The van der Waals surface area contributed by atoms with E-state index in [9.17, 15) is 9.90 Å². The van der Waals surface area contributed by atoms with Gasteiger partial charge in [0.25, 0.3) is 0 Å². The molecule has 0 saturated carbocycles. The first-order chi connectivity index (χ1) is 9.19. The highest BCUT2D eigenvalue weighted by atomic mass is 16.5. The van der Waals surface area contributed by atoms with Gasteiger partial charge in [-0.1, -0.05) is 12.1 Å². The van der Waals surface area contributed by atoms with Crippen molar-refractivity contribution in [2.45, 2.75) is 0 Å². The van der Waals surface area contributed by atoms with E-state index >= 15 is 0 Å². The molecule has 0 aromatic heterocycles. The minimum absolute atomic E-state index is 0.0934. The van der Waals surface area contributed by atoms with Crippen molar-refractivity contribution >= 4 is 6.29 Å². The summed E-state index contributed by atoms with van der Waals surface area (Å²) < 4.78 is 10.3. The molecule has 0 aliphatic carbocycles. The van der Waals surface area contributed by atoms with E-state index in [4.69, 9.17) is 9.47 Å². The molecular weight excluding hydrogens is 244 g/mol. The number of carbonyl (C=O) groups excluding carboxylic acids is 1. The van der Waals surface area contributed by atoms with E-state index in [-0.39, 0.29) is 11.3 Å². The maximum atomic E-state index is 10.9. The van der Waals surface area contributed by atoms with E-state index in [2.05, 4.69) is 0 Å². The molecule has 98 valence electrons. The number of hydrogen-bond donors (Lipinski definition) is 1. The lowest BCUT2D eigenvalue weighted by molar-refractivity contribution is 0.112. The van der Waals surface area contributed by atoms with E-state index < -0.39 is 0 Å². The molecule has 0 atom stereocenters. The molecule has 1 N–H and O–H groups in total. The number of hydrogen-bond acceptors (Lipinski definition) is 4. The maximum Gasteiger partial charge on any atom is 0.153 e. The van der Waals surface area contributed by atoms with Crippen LogP contribution in [0.3, 0.4) is 0 Å². The zero-order valence-corrected chi connectivity index (χ0v) is 10.7. The van der Waals surface area contributed by atoms with Crippen molar-refractivity contribution in [3.05, 3.63) is 42.0 Å². The molecule has 0 aliphatic heterocycles. The number of aromatic hydroxyl groups is 1. The lowest BCUT2D eigenvalue weighted by Crippen LogP contribution is -1.91. The first-order valence-electron chi connectivity index (χ1n) is 5.70. The van der Waals surface area contributed by atoms with Crippen molar-refractivity contribution in [1.82, 2.24) is 0 Å². The Morgan fingerprint density at radius 1 is 1.05 bits per heavy atom. The first kappa shape index (κ1) is 13.0. The highest BCUT2D eigenvalue weighted by Gasteiger charge is 2.11. The second-order valence-electron chi connectivity index (χ2n) is 3.96. The number of rotatable bonds is 4. The van der Waals surface area contributed by atoms with Gasteiger partial charge >= 0.3 is 0 Å². The molecule has 0 aliphatic rings. The van der Waals surface area contributed by atoms with Crippen LogP contribution in [0.5, 0.6) is 17.2 Å². The number of benzene rings is 2. The van der Waals surface area contributed by atoms with E-state index in [0.29, 0.717) is 12.0 Å². The predicted octanol–water partition coefficient (Wildman–Crippen LogP) is 2.89. The standard InChI is InChI=1S/C15H14O4/c1-18-12-5-3-10(4-6-12)13-7-11(9-16)14(17)8-15(13)19-2/h3-9,17H,1-2H3. The van der Waals surface area contributed by atoms with Crippen LogP contribution >= 0.6 is 0 Å². The van der Waals surface area contributed by atoms with Gasteiger partial charge in [0.2, 0.25) is 0 Å². The highest BCUT2D eigenvalue weighted by Crippen LogP contribution is 2.35. The molecule has 0 amide bonds. The number of ether oxygens (including phenoxy) is 2. The van der Waals surface area contributed by atoms with Crippen molar-refractivity contribution in [2.24, 2.45) is 0 Å². The first-order valence-corrected chi connectivity index (χ1v) is 5.70. The Balaban J connectivity index is 2.55. The average molecular weight is 258 g/mol. The Bertz CT molecular complexity index is 588. The summed E-state index contributed by atoms with van der Waals surface area (Å²) in [6.07, 6.45) is 0.613. The molecular formula is C15H14O4. The zero-order valence-electron chi connectivity index (χ0n) is 10.7. The molecule has 0 spiro atoms. The van der Waals surface area contributed by atoms with Gasteiger partial charge in [0.15, 0.2) is 6.29 Å². The Hall–Kier alpha value is -2.49. The van der Waals surface area contributed by atoms with Crippen LogP contribution in [0.4, 0.5) is 0 Å². The van der Waals surface area contributed by atoms with Gasteiger partial charge in [0, 0.05) is 11.6 Å². The topological polar surface area (TPSA) is 55.8 Å². The molecule has 0 saturated heterocycles. The monoisotopic (exact) mass is 258 g/mol. The van der Waals surface area contributed by atoms with Gasteiger partial charge in [-0.3, -0.25) is 4.79 Å². The molecule has 0 unspecified atom stereocenters. The zero-order chi connectivity index (χ0) is 13.8. The van der Waals surface area contributed by atoms with Crippen LogP contribution in [-0.2, 0) is 0 Å². The molecule has 0 bridgehead atoms. The quantitative estimate of drug-likeness (QED) is 0.857. The molecule has 19 heavy (non-hydrogen) atoms. The van der Waals surface area contributed by atoms with Crippen molar-refractivity contribution in [3.8, 4) is 28.4 Å². The van der Waals surface area contributed by atoms with Gasteiger partial charge in [0.05, 0.1) is 19.8 Å². The van der Waals surface area contributed by atoms with Crippen LogP contribution in [0, 0.1) is 0 Å². The third-order valence-corrected chi connectivity index (χ3v) is 2.88. The summed E-state index contributed by atoms with van der Waals surface area (Å²) in [4.78, 5) is 10.9. The van der Waals surface area contributed by atoms with Crippen LogP contribution in [-0.4, -0.2) is 25.6 Å². The van der Waals surface area contributed by atoms with Crippen LogP contribution in [0.1, 0.15) is 10.4 Å². The maximum absolute atomic E-state index is 10.9. The summed E-state index contributed by atoms with van der Waals surface area (Å²) in [5.74, 6) is 1.16. The Labute approximate surface area is 111 Å². The number of aldehydes is 1. The van der Waals surface area contributed by atoms with E-state index in [1.165, 1.54) is 13.2 Å². The van der Waals surface area contributed by atoms with Crippen LogP contribution in [0.2, 0.25) is 0 Å². The van der Waals surface area contributed by atoms with Crippen LogP contribution in [0.15, 0.2) is 36.4 Å². The van der Waals surface area contributed by atoms with E-state index in [1.54, 1.807) is 13.2 Å². The fraction of sp³-hybridized carbons (Fsp3) is 0.133. The Morgan fingerprint density at radius 2 is 1.74 bits per heavy atom. The molecule has 2 aromatic rings. The van der Waals surface area contributed by atoms with Gasteiger partial charge in [0.1, 0.15) is 17.2 Å². The second kappa shape index (κ2) is 5.44. The van der Waals surface area contributed by atoms with E-state index in [1.807, 2.05) is 24.3 Å². The number of phenolic OH excluding ortho intramolecular Hbond substituents is 1. The SMILES string of the molecule is COc1ccc(-c2cc(C=O)c(O)cc2OC)cc1. The van der Waals surface area contributed by atoms with E-state index in [0.717, 1.165) is 16.9 Å². The van der Waals surface area contributed by atoms with Gasteiger partial charge in [-0.2, -0.15) is 0 Å². The normalized spacial score (nSPS) is 10.0. The summed E-state index contributed by atoms with van der Waals surface area (Å²) in [5, 5.41) is 9.64. The Kier molecular flexibility index (Phi) is 3.71. The van der Waals surface area contributed by atoms with Gasteiger partial charge < -0.3 is 14.6 Å². The highest BCUT2D eigenvalue weighted by molar-refractivity contribution is 5.85. The summed E-state index contributed by atoms with van der Waals surface area (Å²) >= 11 is 0. The third kappa shape index (κ3) is 2.52. The Morgan fingerprint density at radius 3 is 2.26 bits per heavy atom. The summed E-state index contributed by atoms with van der Waals surface area (Å²) in [7, 11) is 3.11. The predicted molar refractivity (Wildman–Crippen MR) is 72.0 cm³/mol. The molecule has 2 rings (SSSR count). The van der Waals surface area contributed by atoms with Gasteiger partial charge in [-0.25, -0.2) is 0 Å². The summed E-state index contributed by atoms with van der Waals surface area (Å²) in [5.41, 5.74) is 1.84. The largest absolute Gasteiger partial charge is 0.507 e. The smallest absolute Gasteiger partial charge is 0.153 e. The fourth-order valence-electron chi connectivity index (χ4n) is 1.85. The number of phenols is 1. The van der Waals surface area contributed by atoms with Crippen LogP contribution in [0.25, 0.3) is 11.1 Å². The van der Waals surface area contributed by atoms with Crippen molar-refractivity contribution in [1.29, 1.82) is 0 Å². The lowest BCUT2D eigenvalue weighted by Gasteiger charge is -2.11. The minimum atomic E-state index is -0.0934. The average Bonchev–Trinajstić information content (AvgIpc) is 2.47. The molecule has 0 radical (unpaired) electrons. The van der Waals surface area contributed by atoms with Crippen LogP contribution < -0.4 is 9.47 Å². The summed E-state index contributed by atoms with van der Waals surface area (Å²) in [6.45, 7) is 0. The molecule has 0 fully saturated rings. The minimum Gasteiger partial charge on any atom is -0.507 e. The van der Waals surface area contributed by atoms with Crippen molar-refractivity contribution < 1.29 is 19.4 Å². The molecule has 4 heteroatoms. The molecule has 0 heterocycles. The lowest BCUT2D eigenvalue weighted by atomic mass is 10.0. The van der Waals surface area contributed by atoms with Gasteiger partial charge in [-0.05, 0) is 23.8 Å². The summed E-state index contributed by atoms with van der Waals surface area (Å²) in [6, 6.07) is 10.4. The second-order valence-corrected chi connectivity index (χ2v) is 3.96. The van der Waals surface area contributed by atoms with Crippen molar-refractivity contribution in [2.75, 3.05) is 14.2 Å². The van der Waals surface area contributed by atoms with Gasteiger partial charge in [-0.15, -0.1) is 0 Å². The third-order valence-electron chi connectivity index (χ3n) is 2.88. The number of carbonyl (C=O) groups is 1. The molecule has 2 aromatic carbocycles. The number of methoxy groups -OCH3 is 2. The fourth-order valence-corrected chi connectivity index (χ4v) is 1.85.